The van der Waals surface area contributed by atoms with Crippen LogP contribution < -0.4 is 5.32 Å². The number of alkyl halides is 3. The number of hydrogen-bond acceptors (Lipinski definition) is 1. The van der Waals surface area contributed by atoms with E-state index in [1.165, 1.54) is 0 Å². The molecule has 0 heterocycles. The molecule has 0 aromatic carbocycles. The van der Waals surface area contributed by atoms with E-state index in [2.05, 4.69) is 24.2 Å². The lowest BCUT2D eigenvalue weighted by Gasteiger charge is -2.27. The fourth-order valence-corrected chi connectivity index (χ4v) is 2.99. The van der Waals surface area contributed by atoms with Gasteiger partial charge in [0.2, 0.25) is 0 Å². The van der Waals surface area contributed by atoms with Crippen LogP contribution in [0.2, 0.25) is 0 Å². The van der Waals surface area contributed by atoms with E-state index in [1.54, 1.807) is 14.0 Å². The Hall–Kier alpha value is -1.41. The van der Waals surface area contributed by atoms with Crippen molar-refractivity contribution in [3.05, 3.63) is 41.3 Å². The molecule has 0 bridgehead atoms. The third kappa shape index (κ3) is 1.49. The maximum atomic E-state index is 15.0. The van der Waals surface area contributed by atoms with Gasteiger partial charge in [-0.3, -0.25) is 0 Å². The molecule has 1 fully saturated rings. The molecule has 0 aromatic heterocycles. The molecule has 0 aliphatic heterocycles. The summed E-state index contributed by atoms with van der Waals surface area (Å²) in [5, 5.41) is 2.74. The topological polar surface area (TPSA) is 12.0 Å². The highest BCUT2D eigenvalue weighted by Gasteiger charge is 2.64. The van der Waals surface area contributed by atoms with Gasteiger partial charge in [-0.2, -0.15) is 0 Å². The molecular formula is C14H16F3N. The molecule has 3 atom stereocenters. The molecule has 0 radical (unpaired) electrons. The predicted molar refractivity (Wildman–Crippen MR) is 65.0 cm³/mol. The summed E-state index contributed by atoms with van der Waals surface area (Å²) in [6.45, 7) is 8.55. The van der Waals surface area contributed by atoms with Crippen molar-refractivity contribution in [1.82, 2.24) is 5.32 Å². The maximum Gasteiger partial charge on any atom is 0.271 e. The van der Waals surface area contributed by atoms with Gasteiger partial charge in [-0.1, -0.05) is 13.2 Å². The van der Waals surface area contributed by atoms with E-state index in [-0.39, 0.29) is 23.1 Å². The number of hydrogen-bond donors (Lipinski definition) is 1. The van der Waals surface area contributed by atoms with Crippen LogP contribution in [-0.2, 0) is 0 Å². The van der Waals surface area contributed by atoms with Gasteiger partial charge in [0, 0.05) is 13.0 Å². The lowest BCUT2D eigenvalue weighted by atomic mass is 9.90. The summed E-state index contributed by atoms with van der Waals surface area (Å²) >= 11 is 0. The number of halogens is 3. The Morgan fingerprint density at radius 1 is 1.56 bits per heavy atom. The molecule has 1 nitrogen and oxygen atoms in total. The molecule has 2 rings (SSSR count). The van der Waals surface area contributed by atoms with E-state index in [1.807, 2.05) is 0 Å². The summed E-state index contributed by atoms with van der Waals surface area (Å²) in [4.78, 5) is 0. The fraction of sp³-hybridized carbons (Fsp3) is 0.500. The Bertz CT molecular complexity index is 485. The molecule has 0 saturated heterocycles. The van der Waals surface area contributed by atoms with Crippen molar-refractivity contribution >= 4 is 0 Å². The average Bonchev–Trinajstić information content (AvgIpc) is 3.03. The summed E-state index contributed by atoms with van der Waals surface area (Å²) in [6.07, 6.45) is -2.10. The van der Waals surface area contributed by atoms with Crippen LogP contribution in [0.1, 0.15) is 13.3 Å². The van der Waals surface area contributed by atoms with Crippen LogP contribution in [0.3, 0.4) is 0 Å². The van der Waals surface area contributed by atoms with Crippen LogP contribution in [0.25, 0.3) is 0 Å². The SMILES string of the molecule is C=C=C(C1=C(NC)C(F)(C(=C)C)C2CC12)C(F)F. The second-order valence-electron chi connectivity index (χ2n) is 4.87. The van der Waals surface area contributed by atoms with Crippen LogP contribution >= 0.6 is 0 Å². The largest absolute Gasteiger partial charge is 0.388 e. The number of rotatable bonds is 4. The summed E-state index contributed by atoms with van der Waals surface area (Å²) in [6, 6.07) is 0. The van der Waals surface area contributed by atoms with E-state index in [0.29, 0.717) is 17.6 Å². The lowest BCUT2D eigenvalue weighted by Crippen LogP contribution is -2.34. The standard InChI is InChI=1S/C14H16F3N/c1-5-8(13(15)16)11-9-6-10(9)14(17,7(2)3)12(11)18-4/h9-10,13,18H,1-2,6H2,3-4H3. The zero-order valence-corrected chi connectivity index (χ0v) is 10.5. The Morgan fingerprint density at radius 2 is 2.17 bits per heavy atom. The molecule has 98 valence electrons. The first-order valence-corrected chi connectivity index (χ1v) is 5.85. The third-order valence-corrected chi connectivity index (χ3v) is 3.88. The summed E-state index contributed by atoms with van der Waals surface area (Å²) < 4.78 is 40.9. The van der Waals surface area contributed by atoms with Crippen molar-refractivity contribution in [1.29, 1.82) is 0 Å². The van der Waals surface area contributed by atoms with Crippen molar-refractivity contribution in [3.63, 3.8) is 0 Å². The smallest absolute Gasteiger partial charge is 0.271 e. The van der Waals surface area contributed by atoms with E-state index in [9.17, 15) is 8.78 Å². The highest BCUT2D eigenvalue weighted by Crippen LogP contribution is 2.65. The van der Waals surface area contributed by atoms with Crippen molar-refractivity contribution in [2.75, 3.05) is 7.05 Å². The van der Waals surface area contributed by atoms with E-state index in [0.717, 1.165) is 0 Å². The van der Waals surface area contributed by atoms with Gasteiger partial charge in [0.15, 0.2) is 5.67 Å². The number of fused-ring (bicyclic) bond motifs is 1. The van der Waals surface area contributed by atoms with Crippen LogP contribution in [0.4, 0.5) is 13.2 Å². The first kappa shape index (κ1) is 13.0. The van der Waals surface area contributed by atoms with Crippen LogP contribution in [0.15, 0.2) is 41.3 Å². The van der Waals surface area contributed by atoms with Crippen LogP contribution in [0, 0.1) is 11.8 Å². The van der Waals surface area contributed by atoms with Gasteiger partial charge in [-0.05, 0) is 30.4 Å². The quantitative estimate of drug-likeness (QED) is 0.600. The second-order valence-corrected chi connectivity index (χ2v) is 4.87. The van der Waals surface area contributed by atoms with Crippen molar-refractivity contribution in [2.45, 2.75) is 25.4 Å². The van der Waals surface area contributed by atoms with Gasteiger partial charge in [0.1, 0.15) is 0 Å². The average molecular weight is 255 g/mol. The first-order chi connectivity index (χ1) is 8.39. The molecular weight excluding hydrogens is 239 g/mol. The van der Waals surface area contributed by atoms with E-state index in [4.69, 9.17) is 0 Å². The number of nitrogens with one attached hydrogen (secondary N) is 1. The molecule has 4 heteroatoms. The maximum absolute atomic E-state index is 15.0. The zero-order valence-electron chi connectivity index (χ0n) is 10.5. The highest BCUT2D eigenvalue weighted by atomic mass is 19.3. The Kier molecular flexibility index (Phi) is 2.94. The van der Waals surface area contributed by atoms with Gasteiger partial charge < -0.3 is 5.32 Å². The van der Waals surface area contributed by atoms with Gasteiger partial charge in [0.05, 0.1) is 11.3 Å². The normalized spacial score (nSPS) is 33.2. The summed E-state index contributed by atoms with van der Waals surface area (Å²) in [5.74, 6) is -0.429. The number of allylic oxidation sites excluding steroid dienone is 3. The highest BCUT2D eigenvalue weighted by molar-refractivity contribution is 5.54. The molecule has 2 aliphatic rings. The van der Waals surface area contributed by atoms with Crippen LogP contribution in [0.5, 0.6) is 0 Å². The molecule has 0 spiro atoms. The van der Waals surface area contributed by atoms with E-state index < -0.39 is 12.1 Å². The molecule has 0 aromatic rings. The molecule has 3 unspecified atom stereocenters. The first-order valence-electron chi connectivity index (χ1n) is 5.85. The fourth-order valence-electron chi connectivity index (χ4n) is 2.99. The minimum absolute atomic E-state index is 0.160. The van der Waals surface area contributed by atoms with Crippen LogP contribution in [-0.4, -0.2) is 19.1 Å². The van der Waals surface area contributed by atoms with Gasteiger partial charge in [-0.25, -0.2) is 13.2 Å². The molecule has 0 amide bonds. The Morgan fingerprint density at radius 3 is 2.56 bits per heavy atom. The molecule has 1 N–H and O–H groups in total. The lowest BCUT2D eigenvalue weighted by molar-refractivity contribution is 0.191. The molecule has 18 heavy (non-hydrogen) atoms. The summed E-state index contributed by atoms with van der Waals surface area (Å²) in [5.41, 5.74) is 1.17. The molecule has 1 saturated carbocycles. The van der Waals surface area contributed by atoms with Crippen molar-refractivity contribution in [2.24, 2.45) is 11.8 Å². The minimum atomic E-state index is -2.69. The zero-order chi connectivity index (χ0) is 13.7. The summed E-state index contributed by atoms with van der Waals surface area (Å²) in [7, 11) is 1.55. The van der Waals surface area contributed by atoms with Crippen molar-refractivity contribution in [3.8, 4) is 0 Å². The van der Waals surface area contributed by atoms with Crippen molar-refractivity contribution < 1.29 is 13.2 Å². The Labute approximate surface area is 105 Å². The Balaban J connectivity index is 2.58. The van der Waals surface area contributed by atoms with E-state index >= 15 is 4.39 Å². The van der Waals surface area contributed by atoms with Gasteiger partial charge in [-0.15, -0.1) is 5.73 Å². The van der Waals surface area contributed by atoms with Gasteiger partial charge >= 0.3 is 0 Å². The molecule has 2 aliphatic carbocycles. The monoisotopic (exact) mass is 255 g/mol. The predicted octanol–water partition coefficient (Wildman–Crippen LogP) is 3.37. The second kappa shape index (κ2) is 4.06. The minimum Gasteiger partial charge on any atom is -0.388 e. The van der Waals surface area contributed by atoms with Gasteiger partial charge in [0.25, 0.3) is 6.43 Å². The third-order valence-electron chi connectivity index (χ3n) is 3.88.